The summed E-state index contributed by atoms with van der Waals surface area (Å²) in [5.41, 5.74) is 14.1. The summed E-state index contributed by atoms with van der Waals surface area (Å²) in [6.45, 7) is 13.6. The maximum atomic E-state index is 7.75. The van der Waals surface area contributed by atoms with Gasteiger partial charge in [-0.3, -0.25) is 0 Å². The Labute approximate surface area is 213 Å². The third-order valence-corrected chi connectivity index (χ3v) is 20.4. The zero-order valence-electron chi connectivity index (χ0n) is 21.1. The quantitative estimate of drug-likeness (QED) is 0.301. The molecule has 0 aliphatic heterocycles. The average Bonchev–Trinajstić information content (AvgIpc) is 3.32. The average molecular weight is 561 g/mol. The van der Waals surface area contributed by atoms with Gasteiger partial charge in [0.2, 0.25) is 0 Å². The van der Waals surface area contributed by atoms with Crippen LogP contribution in [0.1, 0.15) is 105 Å². The Morgan fingerprint density at radius 3 is 1.42 bits per heavy atom. The molecule has 4 rings (SSSR count). The van der Waals surface area contributed by atoms with Crippen LogP contribution in [0.2, 0.25) is 0 Å². The van der Waals surface area contributed by atoms with E-state index in [2.05, 4.69) is 78.0 Å². The molecule has 2 unspecified atom stereocenters. The SMILES string of the molecule is CCCCc1ccc(C)c2c1C=C(C)[CH]2[Zr]([Cl])([Cl])[CH]1C(C)=Cc2c(CCCC)ccc(C)c21. The first-order valence-corrected chi connectivity index (χ1v) is 21.9. The van der Waals surface area contributed by atoms with Crippen molar-refractivity contribution in [2.45, 2.75) is 87.3 Å². The second kappa shape index (κ2) is 10.2. The van der Waals surface area contributed by atoms with Crippen LogP contribution in [0.5, 0.6) is 0 Å². The summed E-state index contributed by atoms with van der Waals surface area (Å²) in [5.74, 6) is 0. The first kappa shape index (κ1) is 25.5. The molecule has 176 valence electrons. The van der Waals surface area contributed by atoms with Crippen molar-refractivity contribution < 1.29 is 17.9 Å². The fourth-order valence-corrected chi connectivity index (χ4v) is 20.7. The summed E-state index contributed by atoms with van der Waals surface area (Å²) >= 11 is -3.79. The molecule has 33 heavy (non-hydrogen) atoms. The molecule has 2 aromatic rings. The van der Waals surface area contributed by atoms with Crippen molar-refractivity contribution in [1.29, 1.82) is 0 Å². The summed E-state index contributed by atoms with van der Waals surface area (Å²) in [4.78, 5) is 0. The minimum atomic E-state index is -3.79. The van der Waals surface area contributed by atoms with Gasteiger partial charge in [0, 0.05) is 0 Å². The second-order valence-electron chi connectivity index (χ2n) is 10.3. The number of rotatable bonds is 8. The molecule has 0 aromatic heterocycles. The molecule has 0 saturated carbocycles. The van der Waals surface area contributed by atoms with E-state index in [9.17, 15) is 0 Å². The van der Waals surface area contributed by atoms with Crippen LogP contribution < -0.4 is 0 Å². The standard InChI is InChI=1S/2C15H19.2ClH.Zr/c2*1-4-5-6-13-8-7-12(3)14-9-11(2)10-15(13)14;;;/h2*7-10H,4-6H2,1-3H3;2*1H;/q;;;;+2/p-2. The van der Waals surface area contributed by atoms with Gasteiger partial charge in [-0.2, -0.15) is 0 Å². The van der Waals surface area contributed by atoms with Gasteiger partial charge in [0.25, 0.3) is 0 Å². The third-order valence-electron chi connectivity index (χ3n) is 7.79. The molecule has 0 fully saturated rings. The van der Waals surface area contributed by atoms with Crippen molar-refractivity contribution in [3.8, 4) is 0 Å². The van der Waals surface area contributed by atoms with Gasteiger partial charge in [0.05, 0.1) is 0 Å². The van der Waals surface area contributed by atoms with E-state index in [1.54, 1.807) is 0 Å². The predicted molar refractivity (Wildman–Crippen MR) is 144 cm³/mol. The molecule has 0 spiro atoms. The van der Waals surface area contributed by atoms with Crippen LogP contribution >= 0.6 is 17.0 Å². The van der Waals surface area contributed by atoms with Crippen molar-refractivity contribution in [3.63, 3.8) is 0 Å². The van der Waals surface area contributed by atoms with Crippen molar-refractivity contribution in [1.82, 2.24) is 0 Å². The number of fused-ring (bicyclic) bond motifs is 2. The number of allylic oxidation sites excluding steroid dienone is 2. The minimum absolute atomic E-state index is 0.206. The molecule has 2 aliphatic rings. The Balaban J connectivity index is 1.81. The fourth-order valence-electron chi connectivity index (χ4n) is 6.09. The summed E-state index contributed by atoms with van der Waals surface area (Å²) in [5, 5.41) is 0. The van der Waals surface area contributed by atoms with Crippen LogP contribution in [-0.4, -0.2) is 0 Å². The molecule has 3 heteroatoms. The molecule has 2 aliphatic carbocycles. The Bertz CT molecular complexity index is 1040. The maximum absolute atomic E-state index is 7.75. The van der Waals surface area contributed by atoms with Gasteiger partial charge in [-0.25, -0.2) is 0 Å². The van der Waals surface area contributed by atoms with Gasteiger partial charge >= 0.3 is 214 Å². The van der Waals surface area contributed by atoms with Crippen LogP contribution in [0, 0.1) is 13.8 Å². The van der Waals surface area contributed by atoms with E-state index in [0.717, 1.165) is 12.8 Å². The van der Waals surface area contributed by atoms with Crippen molar-refractivity contribution >= 4 is 29.2 Å². The van der Waals surface area contributed by atoms with Crippen LogP contribution in [0.25, 0.3) is 12.2 Å². The Kier molecular flexibility index (Phi) is 7.85. The van der Waals surface area contributed by atoms with E-state index in [1.165, 1.54) is 81.3 Å². The zero-order chi connectivity index (χ0) is 23.9. The number of hydrogen-bond acceptors (Lipinski definition) is 0. The third kappa shape index (κ3) is 4.52. The van der Waals surface area contributed by atoms with Crippen molar-refractivity contribution in [2.75, 3.05) is 0 Å². The van der Waals surface area contributed by atoms with E-state index in [-0.39, 0.29) is 7.25 Å². The fraction of sp³-hybridized carbons (Fsp3) is 0.467. The number of benzene rings is 2. The molecular weight excluding hydrogens is 522 g/mol. The van der Waals surface area contributed by atoms with Gasteiger partial charge in [0.1, 0.15) is 0 Å². The van der Waals surface area contributed by atoms with Crippen LogP contribution in [0.3, 0.4) is 0 Å². The Hall–Kier alpha value is -0.617. The van der Waals surface area contributed by atoms with Crippen molar-refractivity contribution in [3.05, 3.63) is 79.9 Å². The van der Waals surface area contributed by atoms with E-state index < -0.39 is 17.9 Å². The van der Waals surface area contributed by atoms with Crippen LogP contribution in [-0.2, 0) is 30.7 Å². The molecule has 0 heterocycles. The van der Waals surface area contributed by atoms with Gasteiger partial charge in [-0.15, -0.1) is 0 Å². The summed E-state index contributed by atoms with van der Waals surface area (Å²) in [6.07, 6.45) is 12.0. The molecule has 0 bridgehead atoms. The molecule has 2 aromatic carbocycles. The molecule has 0 N–H and O–H groups in total. The molecule has 0 amide bonds. The summed E-state index contributed by atoms with van der Waals surface area (Å²) in [6, 6.07) is 9.27. The van der Waals surface area contributed by atoms with Gasteiger partial charge in [-0.1, -0.05) is 0 Å². The van der Waals surface area contributed by atoms with E-state index >= 15 is 0 Å². The molecular formula is C30H38Cl2Zr. The molecule has 0 saturated heterocycles. The van der Waals surface area contributed by atoms with Gasteiger partial charge in [-0.05, 0) is 0 Å². The zero-order valence-corrected chi connectivity index (χ0v) is 25.1. The number of hydrogen-bond donors (Lipinski definition) is 0. The van der Waals surface area contributed by atoms with Crippen LogP contribution in [0.4, 0.5) is 0 Å². The monoisotopic (exact) mass is 558 g/mol. The normalized spacial score (nSPS) is 19.4. The van der Waals surface area contributed by atoms with E-state index in [1.807, 2.05) is 0 Å². The second-order valence-corrected chi connectivity index (χ2v) is 25.0. The van der Waals surface area contributed by atoms with E-state index in [4.69, 9.17) is 17.0 Å². The summed E-state index contributed by atoms with van der Waals surface area (Å²) < 4.78 is 0.411. The molecule has 0 radical (unpaired) electrons. The first-order chi connectivity index (χ1) is 15.7. The van der Waals surface area contributed by atoms with E-state index in [0.29, 0.717) is 0 Å². The van der Waals surface area contributed by atoms with Gasteiger partial charge < -0.3 is 0 Å². The molecule has 2 atom stereocenters. The predicted octanol–water partition coefficient (Wildman–Crippen LogP) is 10.1. The first-order valence-electron chi connectivity index (χ1n) is 12.7. The summed E-state index contributed by atoms with van der Waals surface area (Å²) in [7, 11) is 15.5. The molecule has 0 nitrogen and oxygen atoms in total. The Morgan fingerprint density at radius 2 is 1.06 bits per heavy atom. The number of halogens is 2. The Morgan fingerprint density at radius 1 is 0.667 bits per heavy atom. The topological polar surface area (TPSA) is 0 Å². The van der Waals surface area contributed by atoms with Crippen molar-refractivity contribution in [2.24, 2.45) is 0 Å². The number of aryl methyl sites for hydroxylation is 4. The van der Waals surface area contributed by atoms with Gasteiger partial charge in [0.15, 0.2) is 0 Å². The number of unbranched alkanes of at least 4 members (excludes halogenated alkanes) is 2. The van der Waals surface area contributed by atoms with Crippen LogP contribution in [0.15, 0.2) is 35.4 Å².